The maximum Gasteiger partial charge on any atom is 0.301 e. The molecule has 0 aliphatic carbocycles. The molecule has 8 heteroatoms. The molecule has 1 saturated heterocycles. The second-order valence-corrected chi connectivity index (χ2v) is 6.85. The van der Waals surface area contributed by atoms with Crippen molar-refractivity contribution in [2.45, 2.75) is 19.8 Å². The van der Waals surface area contributed by atoms with Gasteiger partial charge in [-0.3, -0.25) is 9.40 Å². The lowest BCUT2D eigenvalue weighted by atomic mass is 10.00. The Kier molecular flexibility index (Phi) is 5.00. The van der Waals surface area contributed by atoms with Gasteiger partial charge in [0.25, 0.3) is 0 Å². The van der Waals surface area contributed by atoms with Crippen LogP contribution in [-0.2, 0) is 17.3 Å². The molecule has 1 atom stereocenters. The maximum atomic E-state index is 12.3. The van der Waals surface area contributed by atoms with Crippen molar-refractivity contribution in [1.29, 1.82) is 0 Å². The van der Waals surface area contributed by atoms with E-state index in [0.29, 0.717) is 24.7 Å². The lowest BCUT2D eigenvalue weighted by Gasteiger charge is -2.31. The monoisotopic (exact) mass is 301 g/mol. The number of hydrogen-bond acceptors (Lipinski definition) is 4. The van der Waals surface area contributed by atoms with Gasteiger partial charge in [0, 0.05) is 26.3 Å². The normalized spacial score (nSPS) is 21.0. The molecule has 1 aliphatic rings. The van der Waals surface area contributed by atoms with Crippen LogP contribution in [-0.4, -0.2) is 48.7 Å². The third-order valence-electron chi connectivity index (χ3n) is 3.46. The average molecular weight is 301 g/mol. The number of nitrogens with one attached hydrogen (secondary N) is 2. The number of anilines is 1. The van der Waals surface area contributed by atoms with Crippen LogP contribution < -0.4 is 10.0 Å². The molecule has 1 aliphatic heterocycles. The molecule has 0 saturated carbocycles. The predicted octanol–water partition coefficient (Wildman–Crippen LogP) is 0.398. The van der Waals surface area contributed by atoms with E-state index in [-0.39, 0.29) is 0 Å². The number of rotatable bonds is 6. The van der Waals surface area contributed by atoms with Crippen LogP contribution in [0.4, 0.5) is 5.69 Å². The minimum atomic E-state index is -3.48. The van der Waals surface area contributed by atoms with Crippen LogP contribution in [0, 0.1) is 5.92 Å². The summed E-state index contributed by atoms with van der Waals surface area (Å²) >= 11 is 0. The van der Waals surface area contributed by atoms with E-state index in [1.54, 1.807) is 17.9 Å². The second kappa shape index (κ2) is 6.55. The van der Waals surface area contributed by atoms with Gasteiger partial charge in [-0.25, -0.2) is 0 Å². The van der Waals surface area contributed by atoms with Gasteiger partial charge in [-0.15, -0.1) is 0 Å². The third-order valence-corrected chi connectivity index (χ3v) is 4.96. The third kappa shape index (κ3) is 3.94. The van der Waals surface area contributed by atoms with Gasteiger partial charge in [-0.2, -0.15) is 17.8 Å². The number of aromatic nitrogens is 2. The molecule has 2 rings (SSSR count). The Morgan fingerprint density at radius 2 is 2.30 bits per heavy atom. The summed E-state index contributed by atoms with van der Waals surface area (Å²) in [5, 5.41) is 7.25. The van der Waals surface area contributed by atoms with Crippen LogP contribution in [0.2, 0.25) is 0 Å². The quantitative estimate of drug-likeness (QED) is 0.797. The highest BCUT2D eigenvalue weighted by molar-refractivity contribution is 7.90. The van der Waals surface area contributed by atoms with E-state index < -0.39 is 10.2 Å². The zero-order valence-corrected chi connectivity index (χ0v) is 12.9. The van der Waals surface area contributed by atoms with Crippen LogP contribution in [0.3, 0.4) is 0 Å². The smallest absolute Gasteiger partial charge is 0.301 e. The predicted molar refractivity (Wildman–Crippen MR) is 78.6 cm³/mol. The van der Waals surface area contributed by atoms with Gasteiger partial charge >= 0.3 is 10.2 Å². The number of nitrogens with zero attached hydrogens (tertiary/aromatic N) is 3. The van der Waals surface area contributed by atoms with E-state index in [4.69, 9.17) is 0 Å². The molecule has 20 heavy (non-hydrogen) atoms. The minimum absolute atomic E-state index is 0.383. The fourth-order valence-corrected chi connectivity index (χ4v) is 3.76. The minimum Gasteiger partial charge on any atom is -0.317 e. The van der Waals surface area contributed by atoms with Crippen molar-refractivity contribution in [3.63, 3.8) is 0 Å². The molecule has 0 radical (unpaired) electrons. The Hall–Kier alpha value is -1.12. The Morgan fingerprint density at radius 1 is 1.50 bits per heavy atom. The summed E-state index contributed by atoms with van der Waals surface area (Å²) < 4.78 is 30.4. The highest BCUT2D eigenvalue weighted by Gasteiger charge is 2.28. The van der Waals surface area contributed by atoms with Gasteiger partial charge in [-0.05, 0) is 31.8 Å². The number of hydrogen-bond donors (Lipinski definition) is 2. The van der Waals surface area contributed by atoms with E-state index >= 15 is 0 Å². The van der Waals surface area contributed by atoms with E-state index in [1.165, 1.54) is 10.5 Å². The molecular formula is C12H23N5O2S. The van der Waals surface area contributed by atoms with Crippen molar-refractivity contribution < 1.29 is 8.42 Å². The van der Waals surface area contributed by atoms with E-state index in [9.17, 15) is 8.42 Å². The zero-order chi connectivity index (χ0) is 14.6. The second-order valence-electron chi connectivity index (χ2n) is 5.18. The van der Waals surface area contributed by atoms with Crippen LogP contribution in [0.25, 0.3) is 0 Å². The fourth-order valence-electron chi connectivity index (χ4n) is 2.45. The lowest BCUT2D eigenvalue weighted by molar-refractivity contribution is 0.262. The molecule has 0 amide bonds. The fraction of sp³-hybridized carbons (Fsp3) is 0.750. The largest absolute Gasteiger partial charge is 0.317 e. The summed E-state index contributed by atoms with van der Waals surface area (Å²) in [4.78, 5) is 0. The van der Waals surface area contributed by atoms with Gasteiger partial charge in [0.15, 0.2) is 0 Å². The van der Waals surface area contributed by atoms with Crippen LogP contribution in [0.15, 0.2) is 12.4 Å². The van der Waals surface area contributed by atoms with Crippen molar-refractivity contribution in [2.75, 3.05) is 30.9 Å². The Morgan fingerprint density at radius 3 is 2.95 bits per heavy atom. The standard InChI is InChI=1S/C12H23N5O2S/c1-3-13-7-11-5-4-6-17(9-11)20(18,19)15-12-8-14-16(2)10-12/h8,10-11,13,15H,3-7,9H2,1-2H3. The Balaban J connectivity index is 1.97. The van der Waals surface area contributed by atoms with Gasteiger partial charge in [-0.1, -0.05) is 6.92 Å². The summed E-state index contributed by atoms with van der Waals surface area (Å²) in [5.74, 6) is 0.383. The Labute approximate surface area is 120 Å². The molecule has 1 aromatic rings. The summed E-state index contributed by atoms with van der Waals surface area (Å²) in [6.07, 6.45) is 5.14. The van der Waals surface area contributed by atoms with Crippen molar-refractivity contribution in [2.24, 2.45) is 13.0 Å². The van der Waals surface area contributed by atoms with Crippen molar-refractivity contribution in [3.8, 4) is 0 Å². The van der Waals surface area contributed by atoms with Crippen LogP contribution in [0.5, 0.6) is 0 Å². The van der Waals surface area contributed by atoms with E-state index in [2.05, 4.69) is 22.1 Å². The molecule has 1 unspecified atom stereocenters. The highest BCUT2D eigenvalue weighted by atomic mass is 32.2. The SMILES string of the molecule is CCNCC1CCCN(S(=O)(=O)Nc2cnn(C)c2)C1. The average Bonchev–Trinajstić information content (AvgIpc) is 2.81. The van der Waals surface area contributed by atoms with Gasteiger partial charge < -0.3 is 5.32 Å². The molecule has 1 fully saturated rings. The number of piperidine rings is 1. The van der Waals surface area contributed by atoms with Crippen molar-refractivity contribution >= 4 is 15.9 Å². The zero-order valence-electron chi connectivity index (χ0n) is 12.0. The van der Waals surface area contributed by atoms with Crippen molar-refractivity contribution in [3.05, 3.63) is 12.4 Å². The van der Waals surface area contributed by atoms with Crippen LogP contribution >= 0.6 is 0 Å². The summed E-state index contributed by atoms with van der Waals surface area (Å²) in [6, 6.07) is 0. The maximum absolute atomic E-state index is 12.3. The topological polar surface area (TPSA) is 79.3 Å². The first kappa shape index (κ1) is 15.3. The molecule has 1 aromatic heterocycles. The highest BCUT2D eigenvalue weighted by Crippen LogP contribution is 2.20. The first-order valence-corrected chi connectivity index (χ1v) is 8.42. The summed E-state index contributed by atoms with van der Waals surface area (Å²) in [7, 11) is -1.72. The van der Waals surface area contributed by atoms with E-state index in [1.807, 2.05) is 0 Å². The molecule has 7 nitrogen and oxygen atoms in total. The molecular weight excluding hydrogens is 278 g/mol. The molecule has 2 N–H and O–H groups in total. The van der Waals surface area contributed by atoms with Gasteiger partial charge in [0.2, 0.25) is 0 Å². The molecule has 0 spiro atoms. The van der Waals surface area contributed by atoms with E-state index in [0.717, 1.165) is 25.9 Å². The summed E-state index contributed by atoms with van der Waals surface area (Å²) in [5.41, 5.74) is 0.501. The van der Waals surface area contributed by atoms with Gasteiger partial charge in [0.1, 0.15) is 0 Å². The molecule has 0 aromatic carbocycles. The Bertz CT molecular complexity index is 528. The number of aryl methyl sites for hydroxylation is 1. The van der Waals surface area contributed by atoms with Crippen LogP contribution in [0.1, 0.15) is 19.8 Å². The molecule has 0 bridgehead atoms. The van der Waals surface area contributed by atoms with Crippen molar-refractivity contribution in [1.82, 2.24) is 19.4 Å². The summed E-state index contributed by atoms with van der Waals surface area (Å²) in [6.45, 7) is 4.99. The first-order chi connectivity index (χ1) is 9.51. The first-order valence-electron chi connectivity index (χ1n) is 6.98. The lowest BCUT2D eigenvalue weighted by Crippen LogP contribution is -2.45. The molecule has 2 heterocycles. The molecule has 114 valence electrons. The van der Waals surface area contributed by atoms with Gasteiger partial charge in [0.05, 0.1) is 11.9 Å².